The van der Waals surface area contributed by atoms with Gasteiger partial charge >= 0.3 is 0 Å². The third kappa shape index (κ3) is 6.20. The molecular formula is C61H45N3. The molecule has 0 fully saturated rings. The molecule has 0 saturated heterocycles. The van der Waals surface area contributed by atoms with Crippen LogP contribution in [-0.2, 0) is 5.41 Å². The summed E-state index contributed by atoms with van der Waals surface area (Å²) in [7, 11) is 0. The molecule has 0 N–H and O–H groups in total. The SMILES string of the molecule is CC1(C)c2cc(N(c3ccc(-c4ccccc4)cc3)c3ccc(N(c4ccccc4)c4ccccc4)cc3)ccc2-c2ccc(-n3c4ccccc4c4cc5ccccc5cc43)cc21. The molecule has 304 valence electrons. The highest BCUT2D eigenvalue weighted by Crippen LogP contribution is 2.52. The first-order valence-corrected chi connectivity index (χ1v) is 22.2. The van der Waals surface area contributed by atoms with Gasteiger partial charge in [-0.05, 0) is 147 Å². The number of aromatic nitrogens is 1. The van der Waals surface area contributed by atoms with Crippen molar-refractivity contribution in [3.63, 3.8) is 0 Å². The highest BCUT2D eigenvalue weighted by Gasteiger charge is 2.36. The van der Waals surface area contributed by atoms with Crippen molar-refractivity contribution in [3.8, 4) is 27.9 Å². The predicted octanol–water partition coefficient (Wildman–Crippen LogP) is 16.8. The lowest BCUT2D eigenvalue weighted by atomic mass is 9.82. The lowest BCUT2D eigenvalue weighted by molar-refractivity contribution is 0.660. The number of hydrogen-bond acceptors (Lipinski definition) is 2. The minimum absolute atomic E-state index is 0.249. The summed E-state index contributed by atoms with van der Waals surface area (Å²) < 4.78 is 2.46. The van der Waals surface area contributed by atoms with Gasteiger partial charge < -0.3 is 14.4 Å². The largest absolute Gasteiger partial charge is 0.311 e. The maximum atomic E-state index is 2.46. The van der Waals surface area contributed by atoms with Gasteiger partial charge in [0.25, 0.3) is 0 Å². The molecule has 0 bridgehead atoms. The molecule has 1 aromatic heterocycles. The Labute approximate surface area is 374 Å². The molecule has 1 aliphatic carbocycles. The van der Waals surface area contributed by atoms with Crippen molar-refractivity contribution >= 4 is 66.7 Å². The van der Waals surface area contributed by atoms with Crippen LogP contribution in [0.5, 0.6) is 0 Å². The van der Waals surface area contributed by atoms with E-state index in [-0.39, 0.29) is 5.41 Å². The van der Waals surface area contributed by atoms with E-state index in [1.165, 1.54) is 71.6 Å². The lowest BCUT2D eigenvalue weighted by Crippen LogP contribution is -2.17. The van der Waals surface area contributed by atoms with Gasteiger partial charge in [0, 0.05) is 56.0 Å². The summed E-state index contributed by atoms with van der Waals surface area (Å²) in [5.41, 5.74) is 17.7. The Morgan fingerprint density at radius 1 is 0.328 bits per heavy atom. The Kier molecular flexibility index (Phi) is 8.84. The summed E-state index contributed by atoms with van der Waals surface area (Å²) in [5, 5.41) is 5.06. The second-order valence-corrected chi connectivity index (χ2v) is 17.4. The van der Waals surface area contributed by atoms with Crippen LogP contribution < -0.4 is 9.80 Å². The van der Waals surface area contributed by atoms with Crippen LogP contribution in [0.15, 0.2) is 237 Å². The number of hydrogen-bond donors (Lipinski definition) is 0. The first-order valence-electron chi connectivity index (χ1n) is 22.2. The quantitative estimate of drug-likeness (QED) is 0.151. The van der Waals surface area contributed by atoms with Gasteiger partial charge in [-0.1, -0.05) is 147 Å². The van der Waals surface area contributed by atoms with Crippen molar-refractivity contribution in [2.75, 3.05) is 9.80 Å². The second-order valence-electron chi connectivity index (χ2n) is 17.4. The van der Waals surface area contributed by atoms with E-state index >= 15 is 0 Å². The monoisotopic (exact) mass is 819 g/mol. The van der Waals surface area contributed by atoms with Gasteiger partial charge in [-0.15, -0.1) is 0 Å². The van der Waals surface area contributed by atoms with Gasteiger partial charge in [-0.2, -0.15) is 0 Å². The summed E-state index contributed by atoms with van der Waals surface area (Å²) in [6.45, 7) is 4.78. The Hall–Kier alpha value is -8.14. The van der Waals surface area contributed by atoms with Crippen molar-refractivity contribution in [2.45, 2.75) is 19.3 Å². The second kappa shape index (κ2) is 15.0. The first-order chi connectivity index (χ1) is 31.5. The van der Waals surface area contributed by atoms with Crippen LogP contribution in [0.2, 0.25) is 0 Å². The Morgan fingerprint density at radius 3 is 1.42 bits per heavy atom. The molecule has 0 aliphatic heterocycles. The molecule has 0 spiro atoms. The molecular weight excluding hydrogens is 775 g/mol. The van der Waals surface area contributed by atoms with Crippen LogP contribution in [0.25, 0.3) is 60.5 Å². The van der Waals surface area contributed by atoms with E-state index in [9.17, 15) is 0 Å². The lowest BCUT2D eigenvalue weighted by Gasteiger charge is -2.29. The fourth-order valence-corrected chi connectivity index (χ4v) is 10.2. The van der Waals surface area contributed by atoms with E-state index in [1.54, 1.807) is 0 Å². The normalized spacial score (nSPS) is 12.7. The molecule has 0 radical (unpaired) electrons. The Balaban J connectivity index is 0.964. The molecule has 3 nitrogen and oxygen atoms in total. The highest BCUT2D eigenvalue weighted by molar-refractivity contribution is 6.13. The van der Waals surface area contributed by atoms with Gasteiger partial charge in [0.1, 0.15) is 0 Å². The van der Waals surface area contributed by atoms with E-state index in [2.05, 4.69) is 265 Å². The number of fused-ring (bicyclic) bond motifs is 7. The van der Waals surface area contributed by atoms with Crippen LogP contribution in [0.4, 0.5) is 34.1 Å². The zero-order valence-corrected chi connectivity index (χ0v) is 35.9. The number of benzene rings is 10. The van der Waals surface area contributed by atoms with Crippen LogP contribution in [0, 0.1) is 0 Å². The highest BCUT2D eigenvalue weighted by atomic mass is 15.2. The fourth-order valence-electron chi connectivity index (χ4n) is 10.2. The maximum absolute atomic E-state index is 2.46. The fraction of sp³-hybridized carbons (Fsp3) is 0.0492. The number of rotatable bonds is 8. The Morgan fingerprint density at radius 2 is 0.781 bits per heavy atom. The molecule has 12 rings (SSSR count). The molecule has 1 aliphatic rings. The molecule has 0 atom stereocenters. The van der Waals surface area contributed by atoms with Crippen LogP contribution in [-0.4, -0.2) is 4.57 Å². The molecule has 11 aromatic rings. The van der Waals surface area contributed by atoms with Crippen molar-refractivity contribution in [1.29, 1.82) is 0 Å². The van der Waals surface area contributed by atoms with Gasteiger partial charge in [0.15, 0.2) is 0 Å². The molecule has 0 saturated carbocycles. The first kappa shape index (κ1) is 37.6. The van der Waals surface area contributed by atoms with Gasteiger partial charge in [0.2, 0.25) is 0 Å². The van der Waals surface area contributed by atoms with E-state index in [0.717, 1.165) is 34.1 Å². The zero-order chi connectivity index (χ0) is 42.8. The standard InChI is InChI=1S/C61H45N3/c1-61(2)57-40-51(34-36-53(57)54-37-35-52(41-58(54)61)64-59-25-15-14-24-55(59)56-38-44-18-12-13-19-45(44)39-60(56)64)63(48-28-26-43(27-29-48)42-16-6-3-7-17-42)50-32-30-49(31-33-50)62(46-20-8-4-9-21-46)47-22-10-5-11-23-47/h3-41H,1-2H3. The number of anilines is 6. The predicted molar refractivity (Wildman–Crippen MR) is 271 cm³/mol. The molecule has 10 aromatic carbocycles. The average Bonchev–Trinajstić information content (AvgIpc) is 3.79. The number of nitrogens with zero attached hydrogens (tertiary/aromatic N) is 3. The van der Waals surface area contributed by atoms with Crippen LogP contribution in [0.3, 0.4) is 0 Å². The van der Waals surface area contributed by atoms with E-state index in [4.69, 9.17) is 0 Å². The summed E-state index contributed by atoms with van der Waals surface area (Å²) in [4.78, 5) is 4.72. The summed E-state index contributed by atoms with van der Waals surface area (Å²) >= 11 is 0. The molecule has 64 heavy (non-hydrogen) atoms. The molecule has 1 heterocycles. The maximum Gasteiger partial charge on any atom is 0.0547 e. The molecule has 0 unspecified atom stereocenters. The summed E-state index contributed by atoms with van der Waals surface area (Å²) in [5.74, 6) is 0. The third-order valence-electron chi connectivity index (χ3n) is 13.3. The molecule has 3 heteroatoms. The third-order valence-corrected chi connectivity index (χ3v) is 13.3. The molecule has 0 amide bonds. The van der Waals surface area contributed by atoms with Crippen molar-refractivity contribution in [3.05, 3.63) is 248 Å². The summed E-state index contributed by atoms with van der Waals surface area (Å²) in [6, 6.07) is 86.2. The Bertz CT molecular complexity index is 3460. The van der Waals surface area contributed by atoms with Crippen molar-refractivity contribution in [1.82, 2.24) is 4.57 Å². The average molecular weight is 820 g/mol. The van der Waals surface area contributed by atoms with E-state index < -0.39 is 0 Å². The van der Waals surface area contributed by atoms with Crippen LogP contribution in [0.1, 0.15) is 25.0 Å². The minimum Gasteiger partial charge on any atom is -0.311 e. The van der Waals surface area contributed by atoms with Gasteiger partial charge in [-0.3, -0.25) is 0 Å². The number of para-hydroxylation sites is 3. The zero-order valence-electron chi connectivity index (χ0n) is 35.9. The van der Waals surface area contributed by atoms with E-state index in [1.807, 2.05) is 0 Å². The smallest absolute Gasteiger partial charge is 0.0547 e. The topological polar surface area (TPSA) is 11.4 Å². The van der Waals surface area contributed by atoms with Gasteiger partial charge in [0.05, 0.1) is 11.0 Å². The van der Waals surface area contributed by atoms with Gasteiger partial charge in [-0.25, -0.2) is 0 Å². The van der Waals surface area contributed by atoms with Crippen molar-refractivity contribution < 1.29 is 0 Å². The van der Waals surface area contributed by atoms with E-state index in [0.29, 0.717) is 0 Å². The summed E-state index contributed by atoms with van der Waals surface area (Å²) in [6.07, 6.45) is 0. The minimum atomic E-state index is -0.249. The van der Waals surface area contributed by atoms with Crippen molar-refractivity contribution in [2.24, 2.45) is 0 Å². The van der Waals surface area contributed by atoms with Crippen LogP contribution >= 0.6 is 0 Å².